The molecule has 2 heterocycles. The molecule has 3 amide bonds. The monoisotopic (exact) mass is 531 g/mol. The minimum Gasteiger partial charge on any atom is -0.444 e. The third-order valence-corrected chi connectivity index (χ3v) is 5.67. The van der Waals surface area contributed by atoms with Crippen LogP contribution in [0.2, 0.25) is 5.15 Å². The SMILES string of the molecule is Cc1ccc(C(=O)Nc2ccc(OC(N)=O)c(CCc3csc(NC(=O)OC(C)(C)C)n3)c2)c(Cl)n1. The number of aryl methyl sites for hydroxylation is 3. The Balaban J connectivity index is 1.72. The van der Waals surface area contributed by atoms with Crippen molar-refractivity contribution in [3.8, 4) is 5.75 Å². The Bertz CT molecular complexity index is 1290. The molecule has 4 N–H and O–H groups in total. The maximum absolute atomic E-state index is 12.7. The highest BCUT2D eigenvalue weighted by atomic mass is 35.5. The van der Waals surface area contributed by atoms with Crippen LogP contribution in [-0.4, -0.2) is 33.7 Å². The molecular formula is C24H26ClN5O5S. The van der Waals surface area contributed by atoms with E-state index in [1.54, 1.807) is 63.4 Å². The normalized spacial score (nSPS) is 11.0. The highest BCUT2D eigenvalue weighted by Gasteiger charge is 2.18. The standard InChI is InChI=1S/C24H26ClN5O5S/c1-13-5-9-17(19(25)27-13)20(31)28-15-8-10-18(34-21(26)32)14(11-15)6-7-16-12-36-22(29-16)30-23(33)35-24(2,3)4/h5,8-12H,6-7H2,1-4H3,(H2,26,32)(H,28,31)(H,29,30,33). The number of benzene rings is 1. The minimum absolute atomic E-state index is 0.0979. The maximum atomic E-state index is 12.7. The van der Waals surface area contributed by atoms with Gasteiger partial charge in [0.15, 0.2) is 5.13 Å². The first kappa shape index (κ1) is 26.9. The number of aromatic nitrogens is 2. The number of carbonyl (C=O) groups is 3. The molecule has 0 spiro atoms. The molecule has 0 aliphatic rings. The summed E-state index contributed by atoms with van der Waals surface area (Å²) < 4.78 is 10.4. The molecule has 0 aliphatic heterocycles. The van der Waals surface area contributed by atoms with Crippen LogP contribution in [0.25, 0.3) is 0 Å². The van der Waals surface area contributed by atoms with Crippen molar-refractivity contribution in [3.63, 3.8) is 0 Å². The van der Waals surface area contributed by atoms with E-state index in [1.165, 1.54) is 11.3 Å². The minimum atomic E-state index is -0.956. The average molecular weight is 532 g/mol. The number of amides is 3. The fourth-order valence-corrected chi connectivity index (χ4v) is 4.10. The molecule has 0 fully saturated rings. The number of rotatable bonds is 7. The van der Waals surface area contributed by atoms with Gasteiger partial charge in [-0.15, -0.1) is 11.3 Å². The lowest BCUT2D eigenvalue weighted by Crippen LogP contribution is -2.27. The first-order valence-corrected chi connectivity index (χ1v) is 12.1. The Morgan fingerprint density at radius 3 is 2.50 bits per heavy atom. The molecule has 12 heteroatoms. The van der Waals surface area contributed by atoms with E-state index >= 15 is 0 Å². The predicted molar refractivity (Wildman–Crippen MR) is 138 cm³/mol. The zero-order valence-corrected chi connectivity index (χ0v) is 21.7. The molecule has 36 heavy (non-hydrogen) atoms. The number of nitrogens with one attached hydrogen (secondary N) is 2. The van der Waals surface area contributed by atoms with Gasteiger partial charge >= 0.3 is 12.2 Å². The predicted octanol–water partition coefficient (Wildman–Crippen LogP) is 5.34. The maximum Gasteiger partial charge on any atom is 0.413 e. The molecule has 0 radical (unpaired) electrons. The molecule has 0 saturated carbocycles. The van der Waals surface area contributed by atoms with Crippen LogP contribution in [0, 0.1) is 6.92 Å². The van der Waals surface area contributed by atoms with Crippen LogP contribution in [0.3, 0.4) is 0 Å². The molecule has 2 aromatic heterocycles. The molecule has 3 aromatic rings. The highest BCUT2D eigenvalue weighted by Crippen LogP contribution is 2.27. The van der Waals surface area contributed by atoms with Gasteiger partial charge in [-0.3, -0.25) is 10.1 Å². The van der Waals surface area contributed by atoms with Crippen LogP contribution in [0.15, 0.2) is 35.7 Å². The molecule has 10 nitrogen and oxygen atoms in total. The highest BCUT2D eigenvalue weighted by molar-refractivity contribution is 7.13. The number of anilines is 2. The van der Waals surface area contributed by atoms with E-state index in [9.17, 15) is 14.4 Å². The van der Waals surface area contributed by atoms with E-state index in [1.807, 2.05) is 0 Å². The molecule has 0 unspecified atom stereocenters. The second kappa shape index (κ2) is 11.4. The summed E-state index contributed by atoms with van der Waals surface area (Å²) in [7, 11) is 0. The van der Waals surface area contributed by atoms with Gasteiger partial charge in [-0.05, 0) is 76.4 Å². The summed E-state index contributed by atoms with van der Waals surface area (Å²) >= 11 is 7.37. The van der Waals surface area contributed by atoms with Crippen LogP contribution in [0.1, 0.15) is 48.1 Å². The number of nitrogens with zero attached hydrogens (tertiary/aromatic N) is 2. The van der Waals surface area contributed by atoms with Crippen LogP contribution in [0.4, 0.5) is 20.4 Å². The topological polar surface area (TPSA) is 146 Å². The van der Waals surface area contributed by atoms with Gasteiger partial charge in [0, 0.05) is 16.8 Å². The third-order valence-electron chi connectivity index (χ3n) is 4.57. The Kier molecular flexibility index (Phi) is 8.49. The number of halogens is 1. The summed E-state index contributed by atoms with van der Waals surface area (Å²) in [6, 6.07) is 8.09. The quantitative estimate of drug-likeness (QED) is 0.349. The second-order valence-electron chi connectivity index (χ2n) is 8.76. The van der Waals surface area contributed by atoms with Crippen LogP contribution in [-0.2, 0) is 17.6 Å². The first-order valence-electron chi connectivity index (χ1n) is 10.9. The fourth-order valence-electron chi connectivity index (χ4n) is 3.09. The summed E-state index contributed by atoms with van der Waals surface area (Å²) in [5.41, 5.74) is 7.30. The number of hydrogen-bond donors (Lipinski definition) is 3. The van der Waals surface area contributed by atoms with Crippen molar-refractivity contribution in [1.82, 2.24) is 9.97 Å². The number of primary amides is 1. The summed E-state index contributed by atoms with van der Waals surface area (Å²) in [5, 5.41) is 7.68. The van der Waals surface area contributed by atoms with Gasteiger partial charge in [0.05, 0.1) is 11.3 Å². The van der Waals surface area contributed by atoms with Gasteiger partial charge in [-0.25, -0.2) is 19.6 Å². The van der Waals surface area contributed by atoms with Crippen molar-refractivity contribution in [1.29, 1.82) is 0 Å². The number of ether oxygens (including phenoxy) is 2. The molecule has 0 bridgehead atoms. The molecule has 3 rings (SSSR count). The van der Waals surface area contributed by atoms with Gasteiger partial charge in [0.1, 0.15) is 16.5 Å². The zero-order chi connectivity index (χ0) is 26.5. The van der Waals surface area contributed by atoms with Crippen molar-refractivity contribution < 1.29 is 23.9 Å². The van der Waals surface area contributed by atoms with E-state index < -0.39 is 23.7 Å². The summed E-state index contributed by atoms with van der Waals surface area (Å²) in [6.45, 7) is 7.09. The lowest BCUT2D eigenvalue weighted by atomic mass is 10.1. The smallest absolute Gasteiger partial charge is 0.413 e. The van der Waals surface area contributed by atoms with Crippen LogP contribution >= 0.6 is 22.9 Å². The van der Waals surface area contributed by atoms with E-state index in [-0.39, 0.29) is 16.5 Å². The van der Waals surface area contributed by atoms with Crippen molar-refractivity contribution >= 4 is 51.9 Å². The van der Waals surface area contributed by atoms with E-state index in [0.717, 1.165) is 0 Å². The summed E-state index contributed by atoms with van der Waals surface area (Å²) in [6.07, 6.45) is -0.669. The molecule has 0 aliphatic carbocycles. The number of thiazole rings is 1. The van der Waals surface area contributed by atoms with Gasteiger partial charge in [-0.2, -0.15) is 0 Å². The Hall–Kier alpha value is -3.70. The molecule has 0 atom stereocenters. The Labute approximate surface area is 217 Å². The molecule has 190 valence electrons. The van der Waals surface area contributed by atoms with Gasteiger partial charge in [-0.1, -0.05) is 11.6 Å². The Morgan fingerprint density at radius 1 is 1.08 bits per heavy atom. The number of nitrogens with two attached hydrogens (primary N) is 1. The van der Waals surface area contributed by atoms with E-state index in [0.29, 0.717) is 40.6 Å². The Morgan fingerprint density at radius 2 is 1.83 bits per heavy atom. The summed E-state index contributed by atoms with van der Waals surface area (Å²) in [5.74, 6) is -0.169. The lowest BCUT2D eigenvalue weighted by molar-refractivity contribution is 0.0635. The molecular weight excluding hydrogens is 506 g/mol. The molecule has 1 aromatic carbocycles. The summed E-state index contributed by atoms with van der Waals surface area (Å²) in [4.78, 5) is 44.5. The average Bonchev–Trinajstić information content (AvgIpc) is 3.19. The fraction of sp³-hybridized carbons (Fsp3) is 0.292. The van der Waals surface area contributed by atoms with Crippen molar-refractivity contribution in [3.05, 3.63) is 63.4 Å². The van der Waals surface area contributed by atoms with E-state index in [4.69, 9.17) is 26.8 Å². The van der Waals surface area contributed by atoms with Gasteiger partial charge in [0.2, 0.25) is 0 Å². The molecule has 0 saturated heterocycles. The largest absolute Gasteiger partial charge is 0.444 e. The first-order chi connectivity index (χ1) is 16.9. The number of carbonyl (C=O) groups excluding carboxylic acids is 3. The zero-order valence-electron chi connectivity index (χ0n) is 20.2. The van der Waals surface area contributed by atoms with E-state index in [2.05, 4.69) is 20.6 Å². The van der Waals surface area contributed by atoms with Crippen molar-refractivity contribution in [2.24, 2.45) is 5.73 Å². The van der Waals surface area contributed by atoms with Crippen LogP contribution in [0.5, 0.6) is 5.75 Å². The van der Waals surface area contributed by atoms with Crippen LogP contribution < -0.4 is 21.1 Å². The number of pyridine rings is 1. The van der Waals surface area contributed by atoms with Gasteiger partial charge in [0.25, 0.3) is 5.91 Å². The van der Waals surface area contributed by atoms with Crippen molar-refractivity contribution in [2.45, 2.75) is 46.1 Å². The third kappa shape index (κ3) is 7.92. The number of hydrogen-bond acceptors (Lipinski definition) is 8. The van der Waals surface area contributed by atoms with Gasteiger partial charge < -0.3 is 20.5 Å². The van der Waals surface area contributed by atoms with Crippen molar-refractivity contribution in [2.75, 3.05) is 10.6 Å². The second-order valence-corrected chi connectivity index (χ2v) is 9.98. The lowest BCUT2D eigenvalue weighted by Gasteiger charge is -2.18.